The topological polar surface area (TPSA) is 46.6 Å². The molecule has 22 heavy (non-hydrogen) atoms. The molecule has 1 radical (unpaired) electrons. The molecule has 1 heterocycles. The predicted octanol–water partition coefficient (Wildman–Crippen LogP) is 2.61. The summed E-state index contributed by atoms with van der Waals surface area (Å²) in [6.45, 7) is 11.6. The molecule has 6 heteroatoms. The van der Waals surface area contributed by atoms with Gasteiger partial charge in [-0.15, -0.1) is 0 Å². The van der Waals surface area contributed by atoms with Crippen molar-refractivity contribution >= 4 is 27.8 Å². The van der Waals surface area contributed by atoms with Crippen LogP contribution < -0.4 is 0 Å². The molecule has 2 aliphatic rings. The van der Waals surface area contributed by atoms with Crippen LogP contribution in [-0.2, 0) is 14.0 Å². The second kappa shape index (κ2) is 6.32. The molecule has 0 saturated carbocycles. The quantitative estimate of drug-likeness (QED) is 0.444. The average molecular weight is 320 g/mol. The van der Waals surface area contributed by atoms with E-state index in [9.17, 15) is 9.59 Å². The molecule has 3 atom stereocenters. The highest BCUT2D eigenvalue weighted by Gasteiger charge is 2.48. The van der Waals surface area contributed by atoms with Crippen molar-refractivity contribution in [2.75, 3.05) is 6.61 Å². The van der Waals surface area contributed by atoms with Crippen LogP contribution in [-0.4, -0.2) is 45.3 Å². The summed E-state index contributed by atoms with van der Waals surface area (Å²) in [6.07, 6.45) is 6.61. The molecule has 1 fully saturated rings. The van der Waals surface area contributed by atoms with Crippen molar-refractivity contribution in [3.8, 4) is 0 Å². The van der Waals surface area contributed by atoms with Gasteiger partial charge in [-0.3, -0.25) is 4.79 Å². The van der Waals surface area contributed by atoms with Crippen LogP contribution >= 0.6 is 0 Å². The Morgan fingerprint density at radius 3 is 2.59 bits per heavy atom. The monoisotopic (exact) mass is 320 g/mol. The first-order valence-electron chi connectivity index (χ1n) is 8.09. The lowest BCUT2D eigenvalue weighted by molar-refractivity contribution is -0.128. The highest BCUT2D eigenvalue weighted by molar-refractivity contribution is 6.74. The van der Waals surface area contributed by atoms with Crippen LogP contribution in [0.2, 0.25) is 18.1 Å². The number of hydrogen-bond donors (Lipinski definition) is 0. The van der Waals surface area contributed by atoms with Crippen LogP contribution in [0, 0.1) is 11.8 Å². The summed E-state index contributed by atoms with van der Waals surface area (Å²) in [4.78, 5) is 25.1. The number of rotatable bonds is 5. The molecule has 0 bridgehead atoms. The molecule has 121 valence electrons. The molecule has 0 N–H and O–H groups in total. The highest BCUT2D eigenvalue weighted by atomic mass is 28.4. The predicted molar refractivity (Wildman–Crippen MR) is 91.6 cm³/mol. The van der Waals surface area contributed by atoms with Crippen molar-refractivity contribution in [2.45, 2.75) is 57.8 Å². The van der Waals surface area contributed by atoms with Crippen molar-refractivity contribution < 1.29 is 14.0 Å². The third-order valence-electron chi connectivity index (χ3n) is 5.55. The standard InChI is InChI=1S/C16H27BNO3Si/c1-16(2,3)22(4,5)21-10-14-12-8-6-7-9-13(12)15(20)18(14)17-11-19/h6-7,11-14H,8-10H2,1-5H3/t12?,13?,14-/m1/s1. The number of allylic oxidation sites excluding steroid dienone is 2. The van der Waals surface area contributed by atoms with Gasteiger partial charge >= 0.3 is 7.41 Å². The van der Waals surface area contributed by atoms with E-state index in [0.29, 0.717) is 12.8 Å². The van der Waals surface area contributed by atoms with Crippen molar-refractivity contribution in [1.82, 2.24) is 4.81 Å². The molecule has 4 nitrogen and oxygen atoms in total. The summed E-state index contributed by atoms with van der Waals surface area (Å²) in [5.74, 6) is 0.345. The van der Waals surface area contributed by atoms with Gasteiger partial charge in [0.2, 0.25) is 5.91 Å². The zero-order valence-corrected chi connectivity index (χ0v) is 15.3. The fourth-order valence-corrected chi connectivity index (χ4v) is 4.09. The van der Waals surface area contributed by atoms with E-state index in [2.05, 4.69) is 46.0 Å². The SMILES string of the molecule is CC(C)(C)[Si](C)(C)OC[C@@H]1C2CC=CCC2C(=O)N1[B]C=O. The van der Waals surface area contributed by atoms with Gasteiger partial charge < -0.3 is 14.0 Å². The van der Waals surface area contributed by atoms with Crippen molar-refractivity contribution in [3.05, 3.63) is 12.2 Å². The van der Waals surface area contributed by atoms with E-state index in [1.807, 2.05) is 0 Å². The molecular weight excluding hydrogens is 293 g/mol. The highest BCUT2D eigenvalue weighted by Crippen LogP contribution is 2.41. The lowest BCUT2D eigenvalue weighted by Gasteiger charge is -2.38. The molecule has 1 saturated heterocycles. The van der Waals surface area contributed by atoms with Gasteiger partial charge in [0.15, 0.2) is 8.32 Å². The third-order valence-corrected chi connectivity index (χ3v) is 10.0. The van der Waals surface area contributed by atoms with E-state index in [-0.39, 0.29) is 28.8 Å². The number of amides is 1. The second-order valence-electron chi connectivity index (χ2n) is 7.88. The second-order valence-corrected chi connectivity index (χ2v) is 12.7. The molecule has 0 aromatic carbocycles. The van der Waals surface area contributed by atoms with E-state index in [1.54, 1.807) is 4.81 Å². The maximum Gasteiger partial charge on any atom is 0.331 e. The summed E-state index contributed by atoms with van der Waals surface area (Å²) >= 11 is 0. The number of fused-ring (bicyclic) bond motifs is 1. The first-order chi connectivity index (χ1) is 10.2. The molecule has 1 amide bonds. The van der Waals surface area contributed by atoms with Crippen LogP contribution in [0.4, 0.5) is 0 Å². The van der Waals surface area contributed by atoms with Gasteiger partial charge in [-0.2, -0.15) is 0 Å². The Bertz CT molecular complexity index is 473. The van der Waals surface area contributed by atoms with Crippen molar-refractivity contribution in [2.24, 2.45) is 11.8 Å². The minimum atomic E-state index is -1.86. The van der Waals surface area contributed by atoms with E-state index in [4.69, 9.17) is 4.43 Å². The number of hydrogen-bond acceptors (Lipinski definition) is 3. The molecule has 1 aliphatic heterocycles. The van der Waals surface area contributed by atoms with Crippen LogP contribution in [0.25, 0.3) is 0 Å². The normalized spacial score (nSPS) is 28.7. The molecule has 1 aliphatic carbocycles. The maximum atomic E-state index is 12.5. The summed E-state index contributed by atoms with van der Waals surface area (Å²) in [6, 6.07) is -0.0122. The minimum Gasteiger partial charge on any atom is -0.415 e. The van der Waals surface area contributed by atoms with E-state index >= 15 is 0 Å². The van der Waals surface area contributed by atoms with Crippen LogP contribution in [0.1, 0.15) is 33.6 Å². The van der Waals surface area contributed by atoms with E-state index in [0.717, 1.165) is 12.8 Å². The molecule has 0 aromatic rings. The smallest absolute Gasteiger partial charge is 0.331 e. The first kappa shape index (κ1) is 17.5. The maximum absolute atomic E-state index is 12.5. The van der Waals surface area contributed by atoms with Gasteiger partial charge in [0.1, 0.15) is 6.19 Å². The number of carbonyl (C=O) groups is 2. The Hall–Kier alpha value is -0.878. The molecule has 2 rings (SSSR count). The van der Waals surface area contributed by atoms with Crippen molar-refractivity contribution in [3.63, 3.8) is 0 Å². The minimum absolute atomic E-state index is 0.00853. The zero-order chi connectivity index (χ0) is 16.5. The van der Waals surface area contributed by atoms with E-state index in [1.165, 1.54) is 7.41 Å². The van der Waals surface area contributed by atoms with Crippen molar-refractivity contribution in [1.29, 1.82) is 0 Å². The van der Waals surface area contributed by atoms with Gasteiger partial charge in [-0.25, -0.2) is 0 Å². The summed E-state index contributed by atoms with van der Waals surface area (Å²) in [5.41, 5.74) is 0. The van der Waals surface area contributed by atoms with Crippen LogP contribution in [0.15, 0.2) is 12.2 Å². The lowest BCUT2D eigenvalue weighted by atomic mass is 9.82. The molecule has 2 unspecified atom stereocenters. The Kier molecular flexibility index (Phi) is 5.02. The summed E-state index contributed by atoms with van der Waals surface area (Å²) in [7, 11) is -0.473. The largest absolute Gasteiger partial charge is 0.415 e. The summed E-state index contributed by atoms with van der Waals surface area (Å²) in [5, 5.41) is 0.140. The van der Waals surface area contributed by atoms with Gasteiger partial charge in [-0.05, 0) is 36.9 Å². The van der Waals surface area contributed by atoms with E-state index < -0.39 is 8.32 Å². The Morgan fingerprint density at radius 2 is 2.00 bits per heavy atom. The number of carbonyl (C=O) groups excluding carboxylic acids is 2. The lowest BCUT2D eigenvalue weighted by Crippen LogP contribution is -2.47. The fraction of sp³-hybridized carbons (Fsp3) is 0.750. The number of nitrogens with zero attached hydrogens (tertiary/aromatic N) is 1. The molecule has 0 aromatic heterocycles. The first-order valence-corrected chi connectivity index (χ1v) is 11.0. The van der Waals surface area contributed by atoms with Crippen LogP contribution in [0.3, 0.4) is 0 Å². The van der Waals surface area contributed by atoms with Gasteiger partial charge in [0.25, 0.3) is 0 Å². The Balaban J connectivity index is 2.14. The van der Waals surface area contributed by atoms with Crippen LogP contribution in [0.5, 0.6) is 0 Å². The Labute approximate surface area is 135 Å². The fourth-order valence-electron chi connectivity index (χ4n) is 3.07. The molecule has 0 spiro atoms. The summed E-state index contributed by atoms with van der Waals surface area (Å²) < 4.78 is 6.34. The molecular formula is C16H27BNO3Si. The Morgan fingerprint density at radius 1 is 1.36 bits per heavy atom. The van der Waals surface area contributed by atoms with Gasteiger partial charge in [0, 0.05) is 12.0 Å². The van der Waals surface area contributed by atoms with Gasteiger partial charge in [0.05, 0.1) is 6.61 Å². The average Bonchev–Trinajstić information content (AvgIpc) is 2.70. The third kappa shape index (κ3) is 3.23. The van der Waals surface area contributed by atoms with Gasteiger partial charge in [-0.1, -0.05) is 32.9 Å². The zero-order valence-electron chi connectivity index (χ0n) is 14.3.